The number of pyridine rings is 1. The lowest BCUT2D eigenvalue weighted by Gasteiger charge is -2.23. The number of alkyl halides is 3. The topological polar surface area (TPSA) is 101 Å². The number of halogens is 3. The van der Waals surface area contributed by atoms with Crippen LogP contribution in [0.2, 0.25) is 0 Å². The maximum Gasteiger partial charge on any atom is 0.416 e. The molecule has 2 heterocycles. The second kappa shape index (κ2) is 12.0. The van der Waals surface area contributed by atoms with Gasteiger partial charge in [0.1, 0.15) is 6.10 Å². The highest BCUT2D eigenvalue weighted by Crippen LogP contribution is 2.32. The van der Waals surface area contributed by atoms with Crippen LogP contribution in [0.3, 0.4) is 0 Å². The van der Waals surface area contributed by atoms with E-state index in [-0.39, 0.29) is 6.42 Å². The lowest BCUT2D eigenvalue weighted by atomic mass is 9.97. The van der Waals surface area contributed by atoms with Gasteiger partial charge in [-0.15, -0.1) is 0 Å². The number of anilines is 2. The first-order valence-electron chi connectivity index (χ1n) is 12.2. The zero-order valence-electron chi connectivity index (χ0n) is 21.0. The third-order valence-corrected chi connectivity index (χ3v) is 5.93. The van der Waals surface area contributed by atoms with Crippen molar-refractivity contribution in [2.75, 3.05) is 17.2 Å². The van der Waals surface area contributed by atoms with Crippen LogP contribution in [-0.2, 0) is 22.2 Å². The number of hydrogen-bond acceptors (Lipinski definition) is 5. The third-order valence-electron chi connectivity index (χ3n) is 5.93. The van der Waals surface area contributed by atoms with Gasteiger partial charge in [0.15, 0.2) is 0 Å². The van der Waals surface area contributed by atoms with Crippen LogP contribution in [0, 0.1) is 0 Å². The molecule has 0 saturated heterocycles. The maximum atomic E-state index is 13.1. The number of benzene rings is 2. The average Bonchev–Trinajstić information content (AvgIpc) is 2.91. The van der Waals surface area contributed by atoms with Crippen molar-refractivity contribution in [1.82, 2.24) is 4.98 Å². The lowest BCUT2D eigenvalue weighted by Crippen LogP contribution is -2.34. The number of aliphatic hydroxyl groups is 1. The summed E-state index contributed by atoms with van der Waals surface area (Å²) in [4.78, 5) is 28.7. The third kappa shape index (κ3) is 6.91. The smallest absolute Gasteiger partial charge is 0.416 e. The molecule has 0 radical (unpaired) electrons. The number of ether oxygens (including phenoxy) is 1. The zero-order valence-corrected chi connectivity index (χ0v) is 21.0. The molecule has 4 rings (SSSR count). The first-order chi connectivity index (χ1) is 18.7. The standard InChI is InChI=1S/C29H26F3N3O4/c1-2-15-39-27-14-11-19(17-33-27)21(18-9-12-20(13-10-18)29(30,31)32)5-3-8-26(37)34-23-6-4-7-24-22(23)16-25(36)28(38)35-24/h3-14,17,25,36H,2,15-16H2,1H3,(H,34,37)(H,35,38)/b8-3+,21-5+. The fourth-order valence-electron chi connectivity index (χ4n) is 3.98. The first kappa shape index (κ1) is 27.6. The van der Waals surface area contributed by atoms with E-state index < -0.39 is 29.7 Å². The predicted octanol–water partition coefficient (Wildman–Crippen LogP) is 5.37. The number of allylic oxidation sites excluding steroid dienone is 2. The van der Waals surface area contributed by atoms with Crippen LogP contribution in [0.1, 0.15) is 35.6 Å². The van der Waals surface area contributed by atoms with Crippen molar-refractivity contribution in [3.8, 4) is 5.88 Å². The van der Waals surface area contributed by atoms with Gasteiger partial charge >= 0.3 is 6.18 Å². The number of nitrogens with one attached hydrogen (secondary N) is 2. The predicted molar refractivity (Wildman–Crippen MR) is 141 cm³/mol. The maximum absolute atomic E-state index is 13.1. The second-order valence-electron chi connectivity index (χ2n) is 8.78. The van der Waals surface area contributed by atoms with Crippen molar-refractivity contribution >= 4 is 28.8 Å². The molecular formula is C29H26F3N3O4. The Balaban J connectivity index is 1.58. The number of amides is 2. The van der Waals surface area contributed by atoms with Crippen molar-refractivity contribution in [2.45, 2.75) is 32.0 Å². The molecule has 0 fully saturated rings. The summed E-state index contributed by atoms with van der Waals surface area (Å²) < 4.78 is 44.7. The molecule has 202 valence electrons. The van der Waals surface area contributed by atoms with E-state index in [2.05, 4.69) is 15.6 Å². The molecule has 1 aliphatic rings. The summed E-state index contributed by atoms with van der Waals surface area (Å²) in [6, 6.07) is 13.1. The van der Waals surface area contributed by atoms with Gasteiger partial charge < -0.3 is 20.5 Å². The van der Waals surface area contributed by atoms with E-state index in [4.69, 9.17) is 4.74 Å². The summed E-state index contributed by atoms with van der Waals surface area (Å²) in [5.41, 5.74) is 2.45. The van der Waals surface area contributed by atoms with Gasteiger partial charge in [0.2, 0.25) is 11.8 Å². The number of rotatable bonds is 8. The Bertz CT molecular complexity index is 1400. The van der Waals surface area contributed by atoms with E-state index in [1.807, 2.05) is 6.92 Å². The minimum Gasteiger partial charge on any atom is -0.478 e. The van der Waals surface area contributed by atoms with Crippen LogP contribution >= 0.6 is 0 Å². The minimum atomic E-state index is -4.46. The average molecular weight is 538 g/mol. The largest absolute Gasteiger partial charge is 0.478 e. The summed E-state index contributed by atoms with van der Waals surface area (Å²) in [7, 11) is 0. The molecule has 0 bridgehead atoms. The van der Waals surface area contributed by atoms with Gasteiger partial charge in [0.25, 0.3) is 5.91 Å². The number of nitrogens with zero attached hydrogens (tertiary/aromatic N) is 1. The SMILES string of the molecule is CCCOc1ccc(/C(=C/C=C/C(=O)Nc2cccc3c2CC(O)C(=O)N3)c2ccc(C(F)(F)F)cc2)cn1. The molecule has 39 heavy (non-hydrogen) atoms. The highest BCUT2D eigenvalue weighted by atomic mass is 19.4. The summed E-state index contributed by atoms with van der Waals surface area (Å²) in [6.45, 7) is 2.47. The summed E-state index contributed by atoms with van der Waals surface area (Å²) in [5.74, 6) is -0.555. The first-order valence-corrected chi connectivity index (χ1v) is 12.2. The van der Waals surface area contributed by atoms with Crippen LogP contribution in [-0.4, -0.2) is 34.6 Å². The highest BCUT2D eigenvalue weighted by Gasteiger charge is 2.30. The molecule has 1 unspecified atom stereocenters. The Hall–Kier alpha value is -4.44. The molecule has 3 aromatic rings. The quantitative estimate of drug-likeness (QED) is 0.265. The second-order valence-corrected chi connectivity index (χ2v) is 8.78. The van der Waals surface area contributed by atoms with Crippen molar-refractivity contribution in [1.29, 1.82) is 0 Å². The van der Waals surface area contributed by atoms with Crippen molar-refractivity contribution in [3.05, 3.63) is 101 Å². The zero-order chi connectivity index (χ0) is 28.0. The van der Waals surface area contributed by atoms with Crippen LogP contribution in [0.5, 0.6) is 5.88 Å². The van der Waals surface area contributed by atoms with Crippen molar-refractivity contribution in [2.24, 2.45) is 0 Å². The summed E-state index contributed by atoms with van der Waals surface area (Å²) in [6.07, 6.45) is 1.11. The Labute approximate surface area is 223 Å². The van der Waals surface area contributed by atoms with Crippen LogP contribution in [0.4, 0.5) is 24.5 Å². The van der Waals surface area contributed by atoms with Gasteiger partial charge in [-0.05, 0) is 47.9 Å². The van der Waals surface area contributed by atoms with Crippen LogP contribution in [0.25, 0.3) is 5.57 Å². The summed E-state index contributed by atoms with van der Waals surface area (Å²) in [5, 5.41) is 15.2. The Morgan fingerprint density at radius 3 is 2.56 bits per heavy atom. The number of fused-ring (bicyclic) bond motifs is 1. The molecule has 7 nitrogen and oxygen atoms in total. The minimum absolute atomic E-state index is 0.0598. The molecule has 2 amide bonds. The van der Waals surface area contributed by atoms with E-state index in [1.165, 1.54) is 24.3 Å². The molecule has 0 saturated carbocycles. The number of carbonyl (C=O) groups is 2. The molecule has 1 atom stereocenters. The monoisotopic (exact) mass is 537 g/mol. The Morgan fingerprint density at radius 1 is 1.15 bits per heavy atom. The number of aliphatic hydroxyl groups excluding tert-OH is 1. The molecular weight excluding hydrogens is 511 g/mol. The van der Waals surface area contributed by atoms with Gasteiger partial charge in [-0.25, -0.2) is 4.98 Å². The normalized spacial score (nSPS) is 15.6. The Morgan fingerprint density at radius 2 is 1.90 bits per heavy atom. The highest BCUT2D eigenvalue weighted by molar-refractivity contribution is 6.03. The van der Waals surface area contributed by atoms with E-state index in [0.29, 0.717) is 46.1 Å². The fraction of sp³-hybridized carbons (Fsp3) is 0.207. The number of hydrogen-bond donors (Lipinski definition) is 3. The van der Waals surface area contributed by atoms with E-state index in [1.54, 1.807) is 42.6 Å². The van der Waals surface area contributed by atoms with Gasteiger partial charge in [0.05, 0.1) is 12.2 Å². The molecule has 1 aliphatic heterocycles. The van der Waals surface area contributed by atoms with Crippen LogP contribution in [0.15, 0.2) is 79.0 Å². The van der Waals surface area contributed by atoms with Gasteiger partial charge in [0, 0.05) is 47.3 Å². The molecule has 3 N–H and O–H groups in total. The Kier molecular flexibility index (Phi) is 8.46. The van der Waals surface area contributed by atoms with Crippen LogP contribution < -0.4 is 15.4 Å². The van der Waals surface area contributed by atoms with E-state index in [0.717, 1.165) is 18.6 Å². The number of aromatic nitrogens is 1. The van der Waals surface area contributed by atoms with E-state index in [9.17, 15) is 27.9 Å². The fourth-order valence-corrected chi connectivity index (χ4v) is 3.98. The molecule has 0 spiro atoms. The molecule has 2 aromatic carbocycles. The summed E-state index contributed by atoms with van der Waals surface area (Å²) >= 11 is 0. The van der Waals surface area contributed by atoms with Gasteiger partial charge in [-0.3, -0.25) is 9.59 Å². The molecule has 0 aliphatic carbocycles. The van der Waals surface area contributed by atoms with Gasteiger partial charge in [-0.2, -0.15) is 13.2 Å². The van der Waals surface area contributed by atoms with Crippen molar-refractivity contribution in [3.63, 3.8) is 0 Å². The van der Waals surface area contributed by atoms with Crippen molar-refractivity contribution < 1.29 is 32.6 Å². The lowest BCUT2D eigenvalue weighted by molar-refractivity contribution is -0.137. The van der Waals surface area contributed by atoms with E-state index >= 15 is 0 Å². The number of carbonyl (C=O) groups excluding carboxylic acids is 2. The van der Waals surface area contributed by atoms with Gasteiger partial charge in [-0.1, -0.05) is 37.3 Å². The molecule has 1 aromatic heterocycles. The molecule has 10 heteroatoms.